The smallest absolute Gasteiger partial charge is 0.321 e. The molecule has 168 valence electrons. The van der Waals surface area contributed by atoms with Crippen LogP contribution in [0.3, 0.4) is 0 Å². The molecule has 0 aliphatic carbocycles. The second-order valence-corrected chi connectivity index (χ2v) is 9.06. The monoisotopic (exact) mass is 461 g/mol. The highest BCUT2D eigenvalue weighted by molar-refractivity contribution is 6.32. The van der Waals surface area contributed by atoms with Crippen LogP contribution in [0.15, 0.2) is 77.0 Å². The third-order valence-corrected chi connectivity index (χ3v) is 6.68. The van der Waals surface area contributed by atoms with Gasteiger partial charge in [-0.05, 0) is 46.9 Å². The number of ether oxygens (including phenoxy) is 1. The Bertz CT molecular complexity index is 1220. The molecule has 1 N–H and O–H groups in total. The molecule has 7 heteroatoms. The summed E-state index contributed by atoms with van der Waals surface area (Å²) in [6.45, 7) is 3.51. The quantitative estimate of drug-likeness (QED) is 0.488. The standard InChI is InChI=1S/C26H24ClN3O3/c1-17-20(8-5-9-21(17)19-6-3-2-4-7-19)15-33-24-11-10-18(12-22(24)27)14-30-16-26(28-29-26)13-23(30)25(31)32/h2-12,23H,13-16H2,1H3,(H,31,32)/t23-/m0/s1. The Hall–Kier alpha value is -3.22. The van der Waals surface area contributed by atoms with Gasteiger partial charge >= 0.3 is 5.97 Å². The average Bonchev–Trinajstić information content (AvgIpc) is 3.46. The van der Waals surface area contributed by atoms with Crippen molar-refractivity contribution in [3.05, 3.63) is 88.4 Å². The summed E-state index contributed by atoms with van der Waals surface area (Å²) in [5, 5.41) is 18.1. The van der Waals surface area contributed by atoms with Gasteiger partial charge in [0.25, 0.3) is 0 Å². The lowest BCUT2D eigenvalue weighted by atomic mass is 9.97. The summed E-state index contributed by atoms with van der Waals surface area (Å²) < 4.78 is 6.05. The Balaban J connectivity index is 1.27. The fourth-order valence-corrected chi connectivity index (χ4v) is 4.74. The van der Waals surface area contributed by atoms with E-state index in [9.17, 15) is 9.90 Å². The minimum absolute atomic E-state index is 0.407. The molecule has 1 fully saturated rings. The van der Waals surface area contributed by atoms with Crippen LogP contribution in [0.25, 0.3) is 11.1 Å². The largest absolute Gasteiger partial charge is 0.487 e. The zero-order chi connectivity index (χ0) is 23.0. The lowest BCUT2D eigenvalue weighted by Crippen LogP contribution is -2.35. The van der Waals surface area contributed by atoms with Gasteiger partial charge in [0.15, 0.2) is 0 Å². The molecule has 1 saturated heterocycles. The summed E-state index contributed by atoms with van der Waals surface area (Å²) in [7, 11) is 0. The van der Waals surface area contributed by atoms with Gasteiger partial charge in [0.1, 0.15) is 18.4 Å². The number of carbonyl (C=O) groups is 1. The van der Waals surface area contributed by atoms with Gasteiger partial charge in [-0.25, -0.2) is 0 Å². The van der Waals surface area contributed by atoms with E-state index in [-0.39, 0.29) is 0 Å². The van der Waals surface area contributed by atoms with E-state index in [0.29, 0.717) is 36.9 Å². The maximum Gasteiger partial charge on any atom is 0.321 e. The molecule has 5 rings (SSSR count). The van der Waals surface area contributed by atoms with Crippen molar-refractivity contribution in [2.75, 3.05) is 6.54 Å². The van der Waals surface area contributed by atoms with E-state index in [1.54, 1.807) is 0 Å². The summed E-state index contributed by atoms with van der Waals surface area (Å²) >= 11 is 6.52. The van der Waals surface area contributed by atoms with Gasteiger partial charge in [-0.1, -0.05) is 66.2 Å². The van der Waals surface area contributed by atoms with Gasteiger partial charge in [-0.2, -0.15) is 10.2 Å². The van der Waals surface area contributed by atoms with Crippen LogP contribution in [0.4, 0.5) is 0 Å². The summed E-state index contributed by atoms with van der Waals surface area (Å²) in [5.41, 5.74) is 5.05. The number of benzene rings is 3. The second-order valence-electron chi connectivity index (χ2n) is 8.65. The minimum Gasteiger partial charge on any atom is -0.487 e. The number of aliphatic carboxylic acids is 1. The van der Waals surface area contributed by atoms with Gasteiger partial charge < -0.3 is 9.84 Å². The number of nitrogens with zero attached hydrogens (tertiary/aromatic N) is 3. The van der Waals surface area contributed by atoms with Crippen LogP contribution < -0.4 is 4.74 Å². The molecule has 0 bridgehead atoms. The fourth-order valence-electron chi connectivity index (χ4n) is 4.48. The van der Waals surface area contributed by atoms with E-state index in [1.807, 2.05) is 47.4 Å². The Kier molecular flexibility index (Phi) is 5.64. The van der Waals surface area contributed by atoms with Crippen molar-refractivity contribution in [1.82, 2.24) is 4.90 Å². The molecule has 2 aliphatic rings. The zero-order valence-electron chi connectivity index (χ0n) is 18.2. The van der Waals surface area contributed by atoms with Crippen molar-refractivity contribution in [1.29, 1.82) is 0 Å². The Morgan fingerprint density at radius 1 is 1.15 bits per heavy atom. The summed E-state index contributed by atoms with van der Waals surface area (Å²) in [6.07, 6.45) is 0.429. The minimum atomic E-state index is -0.844. The molecule has 0 saturated carbocycles. The van der Waals surface area contributed by atoms with E-state index < -0.39 is 17.7 Å². The van der Waals surface area contributed by atoms with Gasteiger partial charge in [0.2, 0.25) is 5.66 Å². The van der Waals surface area contributed by atoms with Crippen LogP contribution >= 0.6 is 11.6 Å². The van der Waals surface area contributed by atoms with E-state index in [1.165, 1.54) is 16.7 Å². The topological polar surface area (TPSA) is 74.5 Å². The Morgan fingerprint density at radius 3 is 2.64 bits per heavy atom. The molecular formula is C26H24ClN3O3. The SMILES string of the molecule is Cc1c(COc2ccc(CN3CC4(C[C@H]3C(=O)O)N=N4)cc2Cl)cccc1-c1ccccc1. The van der Waals surface area contributed by atoms with Crippen LogP contribution in [0.5, 0.6) is 5.75 Å². The highest BCUT2D eigenvalue weighted by Crippen LogP contribution is 2.42. The first-order chi connectivity index (χ1) is 15.9. The lowest BCUT2D eigenvalue weighted by Gasteiger charge is -2.21. The van der Waals surface area contributed by atoms with E-state index in [4.69, 9.17) is 16.3 Å². The molecule has 3 aromatic carbocycles. The average molecular weight is 462 g/mol. The summed E-state index contributed by atoms with van der Waals surface area (Å²) in [6, 6.07) is 21.5. The van der Waals surface area contributed by atoms with Crippen molar-refractivity contribution in [3.8, 4) is 16.9 Å². The number of rotatable bonds is 7. The number of halogens is 1. The van der Waals surface area contributed by atoms with Gasteiger partial charge in [0, 0.05) is 19.5 Å². The Labute approximate surface area is 197 Å². The van der Waals surface area contributed by atoms with Crippen LogP contribution in [0.2, 0.25) is 5.02 Å². The van der Waals surface area contributed by atoms with Crippen LogP contribution in [-0.2, 0) is 17.9 Å². The van der Waals surface area contributed by atoms with E-state index >= 15 is 0 Å². The number of carboxylic acid groups (broad SMARTS) is 1. The predicted molar refractivity (Wildman–Crippen MR) is 126 cm³/mol. The molecule has 0 aromatic heterocycles. The maximum atomic E-state index is 11.6. The molecule has 1 spiro atoms. The first kappa shape index (κ1) is 21.6. The normalized spacial score (nSPS) is 18.5. The van der Waals surface area contributed by atoms with Crippen molar-refractivity contribution in [3.63, 3.8) is 0 Å². The summed E-state index contributed by atoms with van der Waals surface area (Å²) in [4.78, 5) is 13.5. The Morgan fingerprint density at radius 2 is 1.94 bits per heavy atom. The molecule has 2 heterocycles. The number of hydrogen-bond acceptors (Lipinski definition) is 5. The predicted octanol–water partition coefficient (Wildman–Crippen LogP) is 5.72. The summed E-state index contributed by atoms with van der Waals surface area (Å²) in [5.74, 6) is -0.242. The van der Waals surface area contributed by atoms with E-state index in [2.05, 4.69) is 41.4 Å². The number of hydrogen-bond donors (Lipinski definition) is 1. The maximum absolute atomic E-state index is 11.6. The molecule has 0 radical (unpaired) electrons. The molecule has 6 nitrogen and oxygen atoms in total. The van der Waals surface area contributed by atoms with Gasteiger partial charge in [-0.15, -0.1) is 0 Å². The van der Waals surface area contributed by atoms with E-state index in [0.717, 1.165) is 11.1 Å². The molecular weight excluding hydrogens is 438 g/mol. The van der Waals surface area contributed by atoms with Crippen molar-refractivity contribution in [2.24, 2.45) is 10.2 Å². The first-order valence-corrected chi connectivity index (χ1v) is 11.3. The third kappa shape index (κ3) is 4.49. The van der Waals surface area contributed by atoms with Crippen LogP contribution in [0, 0.1) is 6.92 Å². The van der Waals surface area contributed by atoms with Crippen molar-refractivity contribution in [2.45, 2.75) is 38.2 Å². The highest BCUT2D eigenvalue weighted by Gasteiger charge is 2.53. The molecule has 1 atom stereocenters. The highest BCUT2D eigenvalue weighted by atomic mass is 35.5. The molecule has 0 amide bonds. The van der Waals surface area contributed by atoms with Crippen LogP contribution in [-0.4, -0.2) is 34.2 Å². The fraction of sp³-hybridized carbons (Fsp3) is 0.269. The molecule has 33 heavy (non-hydrogen) atoms. The second kappa shape index (κ2) is 8.61. The number of likely N-dealkylation sites (tertiary alicyclic amines) is 1. The molecule has 3 aromatic rings. The number of carboxylic acids is 1. The van der Waals surface area contributed by atoms with Crippen molar-refractivity contribution >= 4 is 17.6 Å². The third-order valence-electron chi connectivity index (χ3n) is 6.38. The molecule has 2 aliphatic heterocycles. The molecule has 0 unspecified atom stereocenters. The first-order valence-electron chi connectivity index (χ1n) is 10.9. The van der Waals surface area contributed by atoms with Gasteiger partial charge in [0.05, 0.1) is 5.02 Å². The lowest BCUT2D eigenvalue weighted by molar-refractivity contribution is -0.142. The zero-order valence-corrected chi connectivity index (χ0v) is 19.0. The van der Waals surface area contributed by atoms with Crippen molar-refractivity contribution < 1.29 is 14.6 Å². The van der Waals surface area contributed by atoms with Gasteiger partial charge in [-0.3, -0.25) is 9.69 Å². The van der Waals surface area contributed by atoms with Crippen LogP contribution in [0.1, 0.15) is 23.1 Å².